The molecule has 2 atom stereocenters. The van der Waals surface area contributed by atoms with Crippen molar-refractivity contribution in [2.75, 3.05) is 0 Å². The van der Waals surface area contributed by atoms with E-state index in [4.69, 9.17) is 0 Å². The average molecular weight is 266 g/mol. The van der Waals surface area contributed by atoms with Crippen LogP contribution < -0.4 is 0 Å². The van der Waals surface area contributed by atoms with Crippen molar-refractivity contribution < 1.29 is 4.79 Å². The van der Waals surface area contributed by atoms with E-state index in [0.717, 1.165) is 32.1 Å². The molecule has 0 aromatic heterocycles. The number of fused-ring (bicyclic) bond motifs is 5. The summed E-state index contributed by atoms with van der Waals surface area (Å²) in [4.78, 5) is 12.8. The molecule has 0 saturated heterocycles. The summed E-state index contributed by atoms with van der Waals surface area (Å²) in [6, 6.07) is 6.69. The molecule has 1 spiro atoms. The summed E-state index contributed by atoms with van der Waals surface area (Å²) in [5.74, 6) is 1.61. The Hall–Kier alpha value is -1.37. The lowest BCUT2D eigenvalue weighted by Gasteiger charge is -2.41. The maximum absolute atomic E-state index is 12.8. The van der Waals surface area contributed by atoms with Crippen LogP contribution in [0, 0.1) is 5.92 Å². The van der Waals surface area contributed by atoms with Crippen LogP contribution in [0.15, 0.2) is 29.8 Å². The number of ketones is 1. The first kappa shape index (κ1) is 12.4. The molecular formula is C19H22O. The summed E-state index contributed by atoms with van der Waals surface area (Å²) in [6.45, 7) is 4.53. The van der Waals surface area contributed by atoms with Gasteiger partial charge in [0, 0.05) is 6.42 Å². The van der Waals surface area contributed by atoms with E-state index in [1.54, 1.807) is 0 Å². The third-order valence-corrected chi connectivity index (χ3v) is 5.82. The van der Waals surface area contributed by atoms with Crippen LogP contribution in [0.3, 0.4) is 0 Å². The number of rotatable bonds is 1. The molecule has 1 heteroatoms. The molecule has 1 saturated carbocycles. The van der Waals surface area contributed by atoms with Crippen molar-refractivity contribution in [3.05, 3.63) is 46.5 Å². The molecule has 20 heavy (non-hydrogen) atoms. The Bertz CT molecular complexity index is 623. The number of carbonyl (C=O) groups excluding carboxylic acids is 1. The van der Waals surface area contributed by atoms with Crippen LogP contribution >= 0.6 is 0 Å². The van der Waals surface area contributed by atoms with E-state index >= 15 is 0 Å². The normalized spacial score (nSPS) is 31.1. The molecule has 4 rings (SSSR count). The van der Waals surface area contributed by atoms with Gasteiger partial charge in [0.1, 0.15) is 5.78 Å². The second-order valence-electron chi connectivity index (χ2n) is 7.10. The summed E-state index contributed by atoms with van der Waals surface area (Å²) < 4.78 is 0. The van der Waals surface area contributed by atoms with E-state index in [0.29, 0.717) is 17.6 Å². The highest BCUT2D eigenvalue weighted by Crippen LogP contribution is 2.57. The Morgan fingerprint density at radius 1 is 1.25 bits per heavy atom. The lowest BCUT2D eigenvalue weighted by Crippen LogP contribution is -2.44. The van der Waals surface area contributed by atoms with Crippen molar-refractivity contribution in [3.63, 3.8) is 0 Å². The third kappa shape index (κ3) is 1.41. The highest BCUT2D eigenvalue weighted by molar-refractivity contribution is 5.94. The van der Waals surface area contributed by atoms with Crippen molar-refractivity contribution in [1.82, 2.24) is 0 Å². The molecular weight excluding hydrogens is 244 g/mol. The zero-order valence-electron chi connectivity index (χ0n) is 12.4. The van der Waals surface area contributed by atoms with E-state index in [1.807, 2.05) is 0 Å². The minimum atomic E-state index is -0.150. The fraction of sp³-hybridized carbons (Fsp3) is 0.526. The van der Waals surface area contributed by atoms with Crippen LogP contribution in [-0.4, -0.2) is 5.78 Å². The first-order chi connectivity index (χ1) is 9.63. The molecule has 0 aliphatic heterocycles. The van der Waals surface area contributed by atoms with Gasteiger partial charge in [0.15, 0.2) is 0 Å². The summed E-state index contributed by atoms with van der Waals surface area (Å²) in [5, 5.41) is 0. The molecule has 0 N–H and O–H groups in total. The molecule has 0 radical (unpaired) electrons. The quantitative estimate of drug-likeness (QED) is 0.692. The smallest absolute Gasteiger partial charge is 0.144 e. The van der Waals surface area contributed by atoms with Crippen molar-refractivity contribution in [2.24, 2.45) is 5.92 Å². The molecule has 0 heterocycles. The number of benzene rings is 1. The van der Waals surface area contributed by atoms with Gasteiger partial charge in [0.2, 0.25) is 0 Å². The molecule has 1 nitrogen and oxygen atoms in total. The Morgan fingerprint density at radius 2 is 2.10 bits per heavy atom. The summed E-state index contributed by atoms with van der Waals surface area (Å²) in [6.07, 6.45) is 7.37. The van der Waals surface area contributed by atoms with Gasteiger partial charge in [0.05, 0.1) is 5.41 Å². The zero-order chi connectivity index (χ0) is 13.9. The van der Waals surface area contributed by atoms with E-state index in [1.165, 1.54) is 22.3 Å². The zero-order valence-corrected chi connectivity index (χ0v) is 12.4. The summed E-state index contributed by atoms with van der Waals surface area (Å²) in [5.41, 5.74) is 5.73. The second kappa shape index (κ2) is 4.07. The van der Waals surface area contributed by atoms with Crippen LogP contribution in [-0.2, 0) is 16.6 Å². The van der Waals surface area contributed by atoms with Gasteiger partial charge >= 0.3 is 0 Å². The molecule has 1 fully saturated rings. The number of carbonyl (C=O) groups is 1. The molecule has 1 aromatic carbocycles. The predicted molar refractivity (Wildman–Crippen MR) is 81.0 cm³/mol. The van der Waals surface area contributed by atoms with Crippen LogP contribution in [0.1, 0.15) is 62.1 Å². The van der Waals surface area contributed by atoms with Crippen LogP contribution in [0.2, 0.25) is 0 Å². The Kier molecular flexibility index (Phi) is 2.52. The third-order valence-electron chi connectivity index (χ3n) is 5.82. The monoisotopic (exact) mass is 266 g/mol. The standard InChI is InChI=1S/C19H22O/c1-12(2)15-4-3-5-17-16(15)8-9-18(20)19(17)11-13-6-7-14(19)10-13/h3-6,12,14H,7-11H2,1-2H3. The Labute approximate surface area is 121 Å². The van der Waals surface area contributed by atoms with Crippen LogP contribution in [0.25, 0.3) is 0 Å². The first-order valence-corrected chi connectivity index (χ1v) is 7.96. The summed E-state index contributed by atoms with van der Waals surface area (Å²) >= 11 is 0. The number of hydrogen-bond acceptors (Lipinski definition) is 1. The number of allylic oxidation sites excluding steroid dienone is 2. The average Bonchev–Trinajstić information content (AvgIpc) is 3.04. The lowest BCUT2D eigenvalue weighted by atomic mass is 9.61. The van der Waals surface area contributed by atoms with Crippen LogP contribution in [0.5, 0.6) is 0 Å². The van der Waals surface area contributed by atoms with Crippen molar-refractivity contribution >= 4 is 5.78 Å². The molecule has 1 aromatic rings. The highest BCUT2D eigenvalue weighted by Gasteiger charge is 2.55. The number of hydrogen-bond donors (Lipinski definition) is 0. The number of Topliss-reactive ketones (excluding diaryl/α,β-unsaturated/α-hetero) is 1. The van der Waals surface area contributed by atoms with Gasteiger partial charge in [-0.3, -0.25) is 4.79 Å². The minimum absolute atomic E-state index is 0.150. The van der Waals surface area contributed by atoms with Gasteiger partial charge < -0.3 is 0 Å². The SMILES string of the molecule is CC(C)c1cccc2c1CCC(=O)C21CC2=CCC1C2. The van der Waals surface area contributed by atoms with Crippen LogP contribution in [0.4, 0.5) is 0 Å². The largest absolute Gasteiger partial charge is 0.299 e. The van der Waals surface area contributed by atoms with Gasteiger partial charge in [-0.05, 0) is 54.2 Å². The van der Waals surface area contributed by atoms with Gasteiger partial charge in [0.25, 0.3) is 0 Å². The predicted octanol–water partition coefficient (Wildman–Crippen LogP) is 4.30. The fourth-order valence-corrected chi connectivity index (χ4v) is 4.91. The van der Waals surface area contributed by atoms with E-state index in [9.17, 15) is 4.79 Å². The second-order valence-corrected chi connectivity index (χ2v) is 7.10. The molecule has 3 aliphatic rings. The molecule has 2 bridgehead atoms. The van der Waals surface area contributed by atoms with Gasteiger partial charge in [-0.15, -0.1) is 0 Å². The van der Waals surface area contributed by atoms with Crippen molar-refractivity contribution in [2.45, 2.75) is 57.3 Å². The van der Waals surface area contributed by atoms with E-state index < -0.39 is 0 Å². The van der Waals surface area contributed by atoms with E-state index in [2.05, 4.69) is 38.1 Å². The topological polar surface area (TPSA) is 17.1 Å². The first-order valence-electron chi connectivity index (χ1n) is 7.96. The fourth-order valence-electron chi connectivity index (χ4n) is 4.91. The maximum atomic E-state index is 12.8. The summed E-state index contributed by atoms with van der Waals surface area (Å²) in [7, 11) is 0. The Balaban J connectivity index is 1.94. The highest BCUT2D eigenvalue weighted by atomic mass is 16.1. The van der Waals surface area contributed by atoms with Gasteiger partial charge in [-0.2, -0.15) is 0 Å². The molecule has 3 aliphatic carbocycles. The van der Waals surface area contributed by atoms with Gasteiger partial charge in [-0.25, -0.2) is 0 Å². The van der Waals surface area contributed by atoms with E-state index in [-0.39, 0.29) is 5.41 Å². The molecule has 104 valence electrons. The minimum Gasteiger partial charge on any atom is -0.299 e. The molecule has 0 amide bonds. The Morgan fingerprint density at radius 3 is 2.75 bits per heavy atom. The van der Waals surface area contributed by atoms with Gasteiger partial charge in [-0.1, -0.05) is 43.7 Å². The maximum Gasteiger partial charge on any atom is 0.144 e. The van der Waals surface area contributed by atoms with Crippen molar-refractivity contribution in [1.29, 1.82) is 0 Å². The molecule has 2 unspecified atom stereocenters. The van der Waals surface area contributed by atoms with Crippen molar-refractivity contribution in [3.8, 4) is 0 Å². The lowest BCUT2D eigenvalue weighted by molar-refractivity contribution is -0.126.